The number of carbonyl (C=O) groups is 1. The maximum Gasteiger partial charge on any atom is 0.251 e. The van der Waals surface area contributed by atoms with Crippen molar-refractivity contribution in [2.24, 2.45) is 4.99 Å². The van der Waals surface area contributed by atoms with Crippen LogP contribution in [0, 0.1) is 0 Å². The number of amides is 1. The van der Waals surface area contributed by atoms with Crippen molar-refractivity contribution < 1.29 is 4.79 Å². The number of aromatic nitrogens is 2. The Hall–Kier alpha value is -3.35. The van der Waals surface area contributed by atoms with Crippen molar-refractivity contribution in [2.75, 3.05) is 6.54 Å². The van der Waals surface area contributed by atoms with Crippen LogP contribution in [0.3, 0.4) is 0 Å². The fourth-order valence-electron chi connectivity index (χ4n) is 4.86. The number of aliphatic imine (C=N–C) groups is 1. The average Bonchev–Trinajstić information content (AvgIpc) is 3.40. The molecule has 0 spiro atoms. The average molecular weight is 486 g/mol. The number of fused-ring (bicyclic) bond motifs is 1. The second-order valence-electron chi connectivity index (χ2n) is 9.01. The van der Waals surface area contributed by atoms with Crippen LogP contribution in [-0.2, 0) is 19.5 Å². The SMILES string of the molecule is O=C(NCc1cccc(CN(CC2=NC=CC2)C2CCCc3cccnc32)c1)c1ccnc(Cl)c1. The molecule has 1 aromatic carbocycles. The van der Waals surface area contributed by atoms with E-state index in [9.17, 15) is 4.79 Å². The molecular formula is C28H28ClN5O. The number of halogens is 1. The van der Waals surface area contributed by atoms with Gasteiger partial charge in [-0.2, -0.15) is 0 Å². The summed E-state index contributed by atoms with van der Waals surface area (Å²) in [4.78, 5) is 28.3. The van der Waals surface area contributed by atoms with Crippen LogP contribution >= 0.6 is 11.6 Å². The minimum atomic E-state index is -0.169. The first-order chi connectivity index (χ1) is 17.2. The van der Waals surface area contributed by atoms with E-state index in [0.29, 0.717) is 17.3 Å². The largest absolute Gasteiger partial charge is 0.348 e. The lowest BCUT2D eigenvalue weighted by Gasteiger charge is -2.35. The molecule has 7 heteroatoms. The van der Waals surface area contributed by atoms with Gasteiger partial charge in [0, 0.05) is 55.9 Å². The molecule has 2 aromatic heterocycles. The molecule has 0 radical (unpaired) electrons. The van der Waals surface area contributed by atoms with Gasteiger partial charge in [0.2, 0.25) is 0 Å². The van der Waals surface area contributed by atoms with E-state index in [0.717, 1.165) is 44.3 Å². The Bertz CT molecular complexity index is 1270. The van der Waals surface area contributed by atoms with E-state index in [4.69, 9.17) is 16.6 Å². The lowest BCUT2D eigenvalue weighted by atomic mass is 9.90. The molecule has 1 unspecified atom stereocenters. The van der Waals surface area contributed by atoms with Gasteiger partial charge in [0.1, 0.15) is 5.15 Å². The van der Waals surface area contributed by atoms with Crippen LogP contribution in [0.25, 0.3) is 0 Å². The number of allylic oxidation sites excluding steroid dienone is 1. The summed E-state index contributed by atoms with van der Waals surface area (Å²) >= 11 is 5.92. The quantitative estimate of drug-likeness (QED) is 0.439. The molecule has 0 saturated heterocycles. The third-order valence-corrected chi connectivity index (χ3v) is 6.73. The molecule has 0 saturated carbocycles. The molecule has 1 aliphatic carbocycles. The third-order valence-electron chi connectivity index (χ3n) is 6.53. The van der Waals surface area contributed by atoms with Gasteiger partial charge < -0.3 is 5.32 Å². The Morgan fingerprint density at radius 3 is 2.83 bits per heavy atom. The summed E-state index contributed by atoms with van der Waals surface area (Å²) in [5.74, 6) is -0.169. The van der Waals surface area contributed by atoms with E-state index in [1.54, 1.807) is 12.1 Å². The highest BCUT2D eigenvalue weighted by Crippen LogP contribution is 2.34. The van der Waals surface area contributed by atoms with Gasteiger partial charge >= 0.3 is 0 Å². The topological polar surface area (TPSA) is 70.5 Å². The summed E-state index contributed by atoms with van der Waals surface area (Å²) in [7, 11) is 0. The van der Waals surface area contributed by atoms with Crippen LogP contribution in [-0.4, -0.2) is 33.0 Å². The van der Waals surface area contributed by atoms with Gasteiger partial charge in [-0.1, -0.05) is 48.0 Å². The summed E-state index contributed by atoms with van der Waals surface area (Å²) in [6, 6.07) is 16.2. The van der Waals surface area contributed by atoms with Gasteiger partial charge in [0.15, 0.2) is 0 Å². The molecule has 0 bridgehead atoms. The predicted molar refractivity (Wildman–Crippen MR) is 138 cm³/mol. The molecule has 1 atom stereocenters. The Labute approximate surface area is 210 Å². The van der Waals surface area contributed by atoms with Crippen molar-refractivity contribution >= 4 is 23.2 Å². The first-order valence-electron chi connectivity index (χ1n) is 12.0. The lowest BCUT2D eigenvalue weighted by molar-refractivity contribution is 0.0950. The van der Waals surface area contributed by atoms with Gasteiger partial charge in [0.25, 0.3) is 5.91 Å². The van der Waals surface area contributed by atoms with Crippen LogP contribution in [0.2, 0.25) is 5.15 Å². The molecule has 178 valence electrons. The summed E-state index contributed by atoms with van der Waals surface area (Å²) in [6.07, 6.45) is 11.7. The number of hydrogen-bond acceptors (Lipinski definition) is 5. The summed E-state index contributed by atoms with van der Waals surface area (Å²) < 4.78 is 0. The zero-order valence-corrected chi connectivity index (χ0v) is 20.3. The fraction of sp³-hybridized carbons (Fsp3) is 0.286. The molecular weight excluding hydrogens is 458 g/mol. The summed E-state index contributed by atoms with van der Waals surface area (Å²) in [5.41, 5.74) is 6.50. The standard InChI is InChI=1S/C28H28ClN5O/c29-26-16-23(11-14-31-26)28(35)33-17-20-5-1-6-21(15-20)18-34(19-24-9-4-12-30-24)25-10-2-7-22-8-3-13-32-27(22)25/h1,3-6,8,11-16,25H,2,7,9-10,17-19H2,(H,33,35). The molecule has 3 heterocycles. The minimum absolute atomic E-state index is 0.169. The van der Waals surface area contributed by atoms with Crippen molar-refractivity contribution in [1.82, 2.24) is 20.2 Å². The minimum Gasteiger partial charge on any atom is -0.348 e. The van der Waals surface area contributed by atoms with Crippen LogP contribution in [0.1, 0.15) is 58.0 Å². The van der Waals surface area contributed by atoms with Crippen molar-refractivity contribution in [2.45, 2.75) is 44.8 Å². The van der Waals surface area contributed by atoms with E-state index in [1.807, 2.05) is 24.5 Å². The summed E-state index contributed by atoms with van der Waals surface area (Å²) in [5, 5.41) is 3.29. The number of benzene rings is 1. The maximum absolute atomic E-state index is 12.5. The van der Waals surface area contributed by atoms with Crippen molar-refractivity contribution in [3.05, 3.63) is 106 Å². The zero-order valence-electron chi connectivity index (χ0n) is 19.5. The van der Waals surface area contributed by atoms with E-state index >= 15 is 0 Å². The number of nitrogens with one attached hydrogen (secondary N) is 1. The Kier molecular flexibility index (Phi) is 7.31. The number of carbonyl (C=O) groups excluding carboxylic acids is 1. The second-order valence-corrected chi connectivity index (χ2v) is 9.40. The van der Waals surface area contributed by atoms with Crippen LogP contribution in [0.5, 0.6) is 0 Å². The molecule has 3 aromatic rings. The normalized spacial score (nSPS) is 16.7. The number of pyridine rings is 2. The highest BCUT2D eigenvalue weighted by molar-refractivity contribution is 6.29. The van der Waals surface area contributed by atoms with Crippen LogP contribution < -0.4 is 5.32 Å². The van der Waals surface area contributed by atoms with E-state index < -0.39 is 0 Å². The number of aryl methyl sites for hydroxylation is 1. The van der Waals surface area contributed by atoms with Gasteiger partial charge in [-0.05, 0) is 54.2 Å². The van der Waals surface area contributed by atoms with Crippen molar-refractivity contribution in [1.29, 1.82) is 0 Å². The van der Waals surface area contributed by atoms with Crippen molar-refractivity contribution in [3.63, 3.8) is 0 Å². The van der Waals surface area contributed by atoms with Crippen LogP contribution in [0.4, 0.5) is 0 Å². The van der Waals surface area contributed by atoms with Gasteiger partial charge in [-0.25, -0.2) is 4.98 Å². The van der Waals surface area contributed by atoms with E-state index in [-0.39, 0.29) is 11.9 Å². The van der Waals surface area contributed by atoms with E-state index in [1.165, 1.54) is 28.7 Å². The third kappa shape index (κ3) is 5.84. The second kappa shape index (κ2) is 10.9. The molecule has 1 amide bonds. The van der Waals surface area contributed by atoms with Gasteiger partial charge in [-0.15, -0.1) is 0 Å². The Morgan fingerprint density at radius 2 is 1.97 bits per heavy atom. The van der Waals surface area contributed by atoms with Crippen molar-refractivity contribution in [3.8, 4) is 0 Å². The first kappa shape index (κ1) is 23.4. The number of nitrogens with zero attached hydrogens (tertiary/aromatic N) is 4. The molecule has 6 nitrogen and oxygen atoms in total. The van der Waals surface area contributed by atoms with E-state index in [2.05, 4.69) is 50.5 Å². The number of rotatable bonds is 8. The monoisotopic (exact) mass is 485 g/mol. The molecule has 1 aliphatic heterocycles. The maximum atomic E-state index is 12.5. The molecule has 0 fully saturated rings. The summed E-state index contributed by atoms with van der Waals surface area (Å²) in [6.45, 7) is 2.05. The molecule has 35 heavy (non-hydrogen) atoms. The predicted octanol–water partition coefficient (Wildman–Crippen LogP) is 5.30. The molecule has 2 aliphatic rings. The van der Waals surface area contributed by atoms with Gasteiger partial charge in [0.05, 0.1) is 11.7 Å². The van der Waals surface area contributed by atoms with Gasteiger partial charge in [-0.3, -0.25) is 19.7 Å². The lowest BCUT2D eigenvalue weighted by Crippen LogP contribution is -2.35. The Morgan fingerprint density at radius 1 is 1.06 bits per heavy atom. The zero-order chi connectivity index (χ0) is 24.0. The highest BCUT2D eigenvalue weighted by Gasteiger charge is 2.28. The fourth-order valence-corrected chi connectivity index (χ4v) is 5.03. The first-order valence-corrected chi connectivity index (χ1v) is 12.4. The highest BCUT2D eigenvalue weighted by atomic mass is 35.5. The molecule has 5 rings (SSSR count). The van der Waals surface area contributed by atoms with Crippen LogP contribution in [0.15, 0.2) is 78.2 Å². The number of hydrogen-bond donors (Lipinski definition) is 1. The molecule has 1 N–H and O–H groups in total. The Balaban J connectivity index is 1.31. The smallest absolute Gasteiger partial charge is 0.251 e.